The molecule has 0 bridgehead atoms. The molecule has 176 valence electrons. The van der Waals surface area contributed by atoms with Crippen LogP contribution in [0.4, 0.5) is 5.69 Å². The van der Waals surface area contributed by atoms with Crippen molar-refractivity contribution in [2.75, 3.05) is 16.8 Å². The fourth-order valence-electron chi connectivity index (χ4n) is 4.05. The van der Waals surface area contributed by atoms with Crippen LogP contribution in [0.3, 0.4) is 0 Å². The Morgan fingerprint density at radius 2 is 1.52 bits per heavy atom. The summed E-state index contributed by atoms with van der Waals surface area (Å²) < 4.78 is 0. The zero-order valence-corrected chi connectivity index (χ0v) is 21.6. The minimum Gasteiger partial charge on any atom is -0.507 e. The molecule has 0 atom stereocenters. The fraction of sp³-hybridized carbons (Fsp3) is 0.414. The van der Waals surface area contributed by atoms with E-state index in [-0.39, 0.29) is 16.7 Å². The number of phenolic OH excluding ortho intramolecular Hbond substituents is 1. The van der Waals surface area contributed by atoms with E-state index in [2.05, 4.69) is 71.1 Å². The summed E-state index contributed by atoms with van der Waals surface area (Å²) in [5.74, 6) is 1.82. The van der Waals surface area contributed by atoms with Gasteiger partial charge in [-0.3, -0.25) is 4.79 Å². The van der Waals surface area contributed by atoms with Gasteiger partial charge >= 0.3 is 0 Å². The van der Waals surface area contributed by atoms with Crippen LogP contribution < -0.4 is 5.32 Å². The molecule has 0 saturated heterocycles. The second kappa shape index (κ2) is 10.2. The zero-order valence-electron chi connectivity index (χ0n) is 20.8. The third kappa shape index (κ3) is 6.54. The van der Waals surface area contributed by atoms with Gasteiger partial charge < -0.3 is 10.4 Å². The van der Waals surface area contributed by atoms with E-state index in [4.69, 9.17) is 0 Å². The molecule has 0 spiro atoms. The van der Waals surface area contributed by atoms with Gasteiger partial charge in [-0.05, 0) is 57.6 Å². The van der Waals surface area contributed by atoms with Gasteiger partial charge in [-0.1, -0.05) is 90.1 Å². The number of hydrogen-bond donors (Lipinski definition) is 2. The van der Waals surface area contributed by atoms with Gasteiger partial charge in [-0.15, -0.1) is 0 Å². The standard InChI is InChI=1S/C29H37NO2S/c1-28(2,3)23-17-20(18-24(27(23)32)29(4,5)6)11-10-16-33-19-26(31)30-25-15-9-13-21-12-7-8-14-22(21)25/h7-9,12-15,17-18,32H,10-11,16,19H2,1-6H3,(H,30,31). The maximum Gasteiger partial charge on any atom is 0.234 e. The molecule has 3 aromatic rings. The minimum absolute atomic E-state index is 0.0334. The van der Waals surface area contributed by atoms with E-state index in [1.807, 2.05) is 30.3 Å². The second-order valence-electron chi connectivity index (χ2n) is 10.8. The van der Waals surface area contributed by atoms with Gasteiger partial charge in [0.15, 0.2) is 0 Å². The van der Waals surface area contributed by atoms with E-state index in [0.717, 1.165) is 46.2 Å². The summed E-state index contributed by atoms with van der Waals surface area (Å²) in [7, 11) is 0. The molecular weight excluding hydrogens is 426 g/mol. The summed E-state index contributed by atoms with van der Waals surface area (Å²) in [5.41, 5.74) is 3.90. The van der Waals surface area contributed by atoms with Gasteiger partial charge in [0.25, 0.3) is 0 Å². The van der Waals surface area contributed by atoms with Crippen molar-refractivity contribution < 1.29 is 9.90 Å². The summed E-state index contributed by atoms with van der Waals surface area (Å²) in [6, 6.07) is 18.4. The normalized spacial score (nSPS) is 12.2. The van der Waals surface area contributed by atoms with Crippen LogP contribution in [0.15, 0.2) is 54.6 Å². The lowest BCUT2D eigenvalue weighted by atomic mass is 9.78. The second-order valence-corrected chi connectivity index (χ2v) is 11.9. The van der Waals surface area contributed by atoms with Crippen LogP contribution in [-0.4, -0.2) is 22.5 Å². The predicted octanol–water partition coefficient (Wildman–Crippen LogP) is 7.44. The van der Waals surface area contributed by atoms with Crippen LogP contribution in [-0.2, 0) is 22.0 Å². The van der Waals surface area contributed by atoms with E-state index >= 15 is 0 Å². The third-order valence-corrected chi connectivity index (χ3v) is 6.88. The summed E-state index contributed by atoms with van der Waals surface area (Å²) in [6.07, 6.45) is 1.93. The van der Waals surface area contributed by atoms with Crippen molar-refractivity contribution in [2.45, 2.75) is 65.2 Å². The Kier molecular flexibility index (Phi) is 7.79. The number of aromatic hydroxyl groups is 1. The number of phenols is 1. The van der Waals surface area contributed by atoms with Gasteiger partial charge in [-0.2, -0.15) is 11.8 Å². The number of carbonyl (C=O) groups is 1. The van der Waals surface area contributed by atoms with Crippen molar-refractivity contribution in [3.63, 3.8) is 0 Å². The number of amides is 1. The maximum atomic E-state index is 12.5. The fourth-order valence-corrected chi connectivity index (χ4v) is 4.80. The topological polar surface area (TPSA) is 49.3 Å². The van der Waals surface area contributed by atoms with E-state index in [1.54, 1.807) is 11.8 Å². The zero-order chi connectivity index (χ0) is 24.2. The Morgan fingerprint density at radius 1 is 0.909 bits per heavy atom. The largest absolute Gasteiger partial charge is 0.507 e. The molecule has 0 aliphatic heterocycles. The number of fused-ring (bicyclic) bond motifs is 1. The highest BCUT2D eigenvalue weighted by Gasteiger charge is 2.26. The van der Waals surface area contributed by atoms with Crippen LogP contribution >= 0.6 is 11.8 Å². The molecule has 3 nitrogen and oxygen atoms in total. The quantitative estimate of drug-likeness (QED) is 0.358. The molecule has 0 heterocycles. The average molecular weight is 464 g/mol. The molecular formula is C29H37NO2S. The number of rotatable bonds is 7. The van der Waals surface area contributed by atoms with Crippen molar-refractivity contribution >= 4 is 34.1 Å². The molecule has 33 heavy (non-hydrogen) atoms. The van der Waals surface area contributed by atoms with Crippen molar-refractivity contribution in [1.82, 2.24) is 0 Å². The molecule has 1 amide bonds. The first-order valence-corrected chi connectivity index (χ1v) is 12.8. The Morgan fingerprint density at radius 3 is 2.15 bits per heavy atom. The summed E-state index contributed by atoms with van der Waals surface area (Å²) in [4.78, 5) is 12.5. The van der Waals surface area contributed by atoms with Gasteiger partial charge in [0, 0.05) is 11.1 Å². The lowest BCUT2D eigenvalue weighted by Gasteiger charge is -2.28. The molecule has 3 rings (SSSR count). The van der Waals surface area contributed by atoms with E-state index in [9.17, 15) is 9.90 Å². The first-order chi connectivity index (χ1) is 15.5. The van der Waals surface area contributed by atoms with Crippen LogP contribution in [0, 0.1) is 0 Å². The monoisotopic (exact) mass is 463 g/mol. The first-order valence-electron chi connectivity index (χ1n) is 11.7. The van der Waals surface area contributed by atoms with Crippen LogP contribution in [0.5, 0.6) is 5.75 Å². The average Bonchev–Trinajstić information content (AvgIpc) is 2.73. The Bertz CT molecular complexity index is 1080. The Hall–Kier alpha value is -2.46. The lowest BCUT2D eigenvalue weighted by Crippen LogP contribution is -2.18. The highest BCUT2D eigenvalue weighted by atomic mass is 32.2. The highest BCUT2D eigenvalue weighted by Crippen LogP contribution is 2.40. The number of nitrogens with one attached hydrogen (secondary N) is 1. The summed E-state index contributed by atoms with van der Waals surface area (Å²) in [6.45, 7) is 12.8. The molecule has 0 aromatic heterocycles. The van der Waals surface area contributed by atoms with Crippen molar-refractivity contribution in [2.24, 2.45) is 0 Å². The van der Waals surface area contributed by atoms with Gasteiger partial charge in [-0.25, -0.2) is 0 Å². The molecule has 2 N–H and O–H groups in total. The highest BCUT2D eigenvalue weighted by molar-refractivity contribution is 7.99. The number of hydrogen-bond acceptors (Lipinski definition) is 3. The van der Waals surface area contributed by atoms with E-state index in [1.165, 1.54) is 5.56 Å². The van der Waals surface area contributed by atoms with Crippen LogP contribution in [0.2, 0.25) is 0 Å². The molecule has 3 aromatic carbocycles. The molecule has 0 aliphatic carbocycles. The predicted molar refractivity (Wildman–Crippen MR) is 144 cm³/mol. The van der Waals surface area contributed by atoms with Gasteiger partial charge in [0.2, 0.25) is 5.91 Å². The van der Waals surface area contributed by atoms with Crippen LogP contribution in [0.1, 0.15) is 64.7 Å². The number of benzene rings is 3. The Labute approximate surface area is 203 Å². The maximum absolute atomic E-state index is 12.5. The van der Waals surface area contributed by atoms with Crippen molar-refractivity contribution in [1.29, 1.82) is 0 Å². The SMILES string of the molecule is CC(C)(C)c1cc(CCCSCC(=O)Nc2cccc3ccccc23)cc(C(C)(C)C)c1O. The number of thioether (sulfide) groups is 1. The smallest absolute Gasteiger partial charge is 0.234 e. The molecule has 0 aliphatic rings. The number of aryl methyl sites for hydroxylation is 1. The number of anilines is 1. The van der Waals surface area contributed by atoms with E-state index in [0.29, 0.717) is 11.5 Å². The molecule has 0 saturated carbocycles. The van der Waals surface area contributed by atoms with Crippen LogP contribution in [0.25, 0.3) is 10.8 Å². The lowest BCUT2D eigenvalue weighted by molar-refractivity contribution is -0.113. The Balaban J connectivity index is 1.56. The van der Waals surface area contributed by atoms with E-state index < -0.39 is 0 Å². The van der Waals surface area contributed by atoms with Crippen molar-refractivity contribution in [3.8, 4) is 5.75 Å². The number of carbonyl (C=O) groups excluding carboxylic acids is 1. The molecule has 0 radical (unpaired) electrons. The summed E-state index contributed by atoms with van der Waals surface area (Å²) >= 11 is 1.67. The third-order valence-electron chi connectivity index (χ3n) is 5.84. The summed E-state index contributed by atoms with van der Waals surface area (Å²) in [5, 5.41) is 16.1. The minimum atomic E-state index is -0.117. The van der Waals surface area contributed by atoms with Crippen molar-refractivity contribution in [3.05, 3.63) is 71.3 Å². The molecule has 0 fully saturated rings. The molecule has 0 unspecified atom stereocenters. The first kappa shape index (κ1) is 25.2. The van der Waals surface area contributed by atoms with Gasteiger partial charge in [0.1, 0.15) is 5.75 Å². The van der Waals surface area contributed by atoms with Gasteiger partial charge in [0.05, 0.1) is 5.75 Å². The molecule has 4 heteroatoms.